The fourth-order valence-corrected chi connectivity index (χ4v) is 6.01. The number of likely N-dealkylation sites (tertiary alicyclic amines) is 1. The standard InChI is InChI=1S/C29H29F7N2O3/c1-16(18-7-20(28(31,32)33)9-21(8-18)29(34,35)36)41-27-26(17-3-5-22(30)6-4-17)25-14-38(11-19(25)15-40-27)23-10-24(39)13-37(2)12-23/h3-10,16,19,25-27H,11-15H2,1-2H3/t16-,19+,25?,26+,27-/m1/s1. The van der Waals surface area contributed by atoms with Crippen molar-refractivity contribution in [3.63, 3.8) is 0 Å². The molecule has 3 aliphatic rings. The molecule has 5 nitrogen and oxygen atoms in total. The fourth-order valence-electron chi connectivity index (χ4n) is 6.01. The van der Waals surface area contributed by atoms with Crippen LogP contribution in [0.5, 0.6) is 0 Å². The van der Waals surface area contributed by atoms with E-state index < -0.39 is 47.6 Å². The Morgan fingerprint density at radius 3 is 2.17 bits per heavy atom. The van der Waals surface area contributed by atoms with Crippen molar-refractivity contribution in [1.29, 1.82) is 0 Å². The Bertz CT molecular complexity index is 1280. The summed E-state index contributed by atoms with van der Waals surface area (Å²) in [6.07, 6.45) is -10.6. The monoisotopic (exact) mass is 586 g/mol. The number of halogens is 7. The number of hydrogen-bond donors (Lipinski definition) is 0. The number of carbonyl (C=O) groups is 1. The van der Waals surface area contributed by atoms with E-state index in [-0.39, 0.29) is 35.9 Å². The molecular weight excluding hydrogens is 557 g/mol. The summed E-state index contributed by atoms with van der Waals surface area (Å²) in [7, 11) is 1.85. The zero-order valence-corrected chi connectivity index (χ0v) is 22.3. The van der Waals surface area contributed by atoms with Crippen molar-refractivity contribution < 1.29 is 45.0 Å². The highest BCUT2D eigenvalue weighted by atomic mass is 19.4. The molecule has 3 aliphatic heterocycles. The zero-order chi connectivity index (χ0) is 29.7. The van der Waals surface area contributed by atoms with Gasteiger partial charge in [0.25, 0.3) is 0 Å². The zero-order valence-electron chi connectivity index (χ0n) is 22.3. The number of rotatable bonds is 5. The Kier molecular flexibility index (Phi) is 7.95. The Labute approximate surface area is 232 Å². The maximum atomic E-state index is 13.8. The molecule has 0 radical (unpaired) electrons. The van der Waals surface area contributed by atoms with Gasteiger partial charge in [0.05, 0.1) is 30.4 Å². The van der Waals surface area contributed by atoms with Crippen LogP contribution in [0.3, 0.4) is 0 Å². The van der Waals surface area contributed by atoms with Crippen LogP contribution in [-0.2, 0) is 26.6 Å². The largest absolute Gasteiger partial charge is 0.416 e. The van der Waals surface area contributed by atoms with E-state index in [2.05, 4.69) is 4.90 Å². The van der Waals surface area contributed by atoms with E-state index in [4.69, 9.17) is 9.47 Å². The second kappa shape index (κ2) is 11.0. The molecule has 0 N–H and O–H groups in total. The minimum atomic E-state index is -4.99. The third-order valence-corrected chi connectivity index (χ3v) is 7.98. The number of ether oxygens (including phenoxy) is 2. The lowest BCUT2D eigenvalue weighted by Gasteiger charge is -2.40. The Balaban J connectivity index is 1.44. The number of ketones is 1. The van der Waals surface area contributed by atoms with Crippen LogP contribution in [0.2, 0.25) is 0 Å². The SMILES string of the molecule is C[C@@H](O[C@H]1OC[C@@H]2CN(C3=CC(=O)CN(C)C3)CC2[C@@H]1c1ccc(F)cc1)c1cc(C(F)(F)F)cc(C(F)(F)F)c1. The van der Waals surface area contributed by atoms with Crippen molar-refractivity contribution in [3.05, 3.63) is 82.3 Å². The third-order valence-electron chi connectivity index (χ3n) is 7.98. The lowest BCUT2D eigenvalue weighted by atomic mass is 9.77. The third kappa shape index (κ3) is 6.44. The second-order valence-electron chi connectivity index (χ2n) is 11.0. The molecule has 1 unspecified atom stereocenters. The van der Waals surface area contributed by atoms with Gasteiger partial charge in [0.15, 0.2) is 12.1 Å². The molecule has 2 saturated heterocycles. The average molecular weight is 587 g/mol. The van der Waals surface area contributed by atoms with Gasteiger partial charge in [-0.2, -0.15) is 26.3 Å². The molecule has 222 valence electrons. The van der Waals surface area contributed by atoms with Crippen LogP contribution in [0.1, 0.15) is 41.2 Å². The van der Waals surface area contributed by atoms with E-state index in [1.54, 1.807) is 18.2 Å². The van der Waals surface area contributed by atoms with Gasteiger partial charge in [0.2, 0.25) is 0 Å². The van der Waals surface area contributed by atoms with Crippen LogP contribution in [0.15, 0.2) is 54.2 Å². The molecule has 0 aliphatic carbocycles. The van der Waals surface area contributed by atoms with Crippen molar-refractivity contribution in [3.8, 4) is 0 Å². The molecular formula is C29H29F7N2O3. The van der Waals surface area contributed by atoms with Gasteiger partial charge >= 0.3 is 12.4 Å². The maximum Gasteiger partial charge on any atom is 0.416 e. The molecule has 5 atom stereocenters. The number of likely N-dealkylation sites (N-methyl/N-ethyl adjacent to an activating group) is 1. The summed E-state index contributed by atoms with van der Waals surface area (Å²) >= 11 is 0. The first-order valence-electron chi connectivity index (χ1n) is 13.2. The van der Waals surface area contributed by atoms with Crippen LogP contribution in [0.25, 0.3) is 0 Å². The first-order valence-corrected chi connectivity index (χ1v) is 13.2. The van der Waals surface area contributed by atoms with Gasteiger partial charge in [-0.3, -0.25) is 9.69 Å². The number of fused-ring (bicyclic) bond motifs is 1. The Morgan fingerprint density at radius 2 is 1.59 bits per heavy atom. The number of hydrogen-bond acceptors (Lipinski definition) is 5. The van der Waals surface area contributed by atoms with Gasteiger partial charge in [0, 0.05) is 43.2 Å². The van der Waals surface area contributed by atoms with E-state index in [0.29, 0.717) is 43.9 Å². The average Bonchev–Trinajstić information content (AvgIpc) is 3.32. The van der Waals surface area contributed by atoms with Crippen LogP contribution in [0, 0.1) is 17.7 Å². The molecule has 2 aromatic carbocycles. The highest BCUT2D eigenvalue weighted by molar-refractivity contribution is 5.92. The predicted octanol–water partition coefficient (Wildman–Crippen LogP) is 6.03. The van der Waals surface area contributed by atoms with Crippen molar-refractivity contribution >= 4 is 5.78 Å². The van der Waals surface area contributed by atoms with Crippen molar-refractivity contribution in [2.75, 3.05) is 39.8 Å². The van der Waals surface area contributed by atoms with Gasteiger partial charge in [-0.1, -0.05) is 12.1 Å². The van der Waals surface area contributed by atoms with Crippen molar-refractivity contribution in [2.24, 2.45) is 11.8 Å². The highest BCUT2D eigenvalue weighted by Gasteiger charge is 2.48. The molecule has 0 amide bonds. The van der Waals surface area contributed by atoms with E-state index in [1.165, 1.54) is 19.1 Å². The first kappa shape index (κ1) is 29.5. The normalized spacial score (nSPS) is 26.6. The smallest absolute Gasteiger partial charge is 0.373 e. The van der Waals surface area contributed by atoms with Gasteiger partial charge < -0.3 is 14.4 Å². The minimum Gasteiger partial charge on any atom is -0.373 e. The minimum absolute atomic E-state index is 0.00818. The van der Waals surface area contributed by atoms with E-state index >= 15 is 0 Å². The quantitative estimate of drug-likeness (QED) is 0.401. The first-order chi connectivity index (χ1) is 19.2. The van der Waals surface area contributed by atoms with Crippen LogP contribution in [0.4, 0.5) is 30.7 Å². The molecule has 0 bridgehead atoms. The molecule has 0 saturated carbocycles. The Morgan fingerprint density at radius 1 is 0.951 bits per heavy atom. The number of alkyl halides is 6. The molecule has 2 aromatic rings. The summed E-state index contributed by atoms with van der Waals surface area (Å²) in [5, 5.41) is 0. The van der Waals surface area contributed by atoms with Crippen molar-refractivity contribution in [2.45, 2.75) is 37.6 Å². The van der Waals surface area contributed by atoms with Gasteiger partial charge in [-0.25, -0.2) is 4.39 Å². The molecule has 41 heavy (non-hydrogen) atoms. The number of nitrogens with zero attached hydrogens (tertiary/aromatic N) is 2. The van der Waals surface area contributed by atoms with Gasteiger partial charge in [0.1, 0.15) is 5.82 Å². The summed E-state index contributed by atoms with van der Waals surface area (Å²) < 4.78 is 107. The summed E-state index contributed by atoms with van der Waals surface area (Å²) in [6.45, 7) is 3.65. The molecule has 3 heterocycles. The van der Waals surface area contributed by atoms with Crippen LogP contribution >= 0.6 is 0 Å². The van der Waals surface area contributed by atoms with Gasteiger partial charge in [-0.15, -0.1) is 0 Å². The number of carbonyl (C=O) groups excluding carboxylic acids is 1. The number of benzene rings is 2. The summed E-state index contributed by atoms with van der Waals surface area (Å²) in [5.74, 6) is -1.05. The molecule has 12 heteroatoms. The topological polar surface area (TPSA) is 42.0 Å². The summed E-state index contributed by atoms with van der Waals surface area (Å²) in [6, 6.07) is 7.11. The fraction of sp³-hybridized carbons (Fsp3) is 0.483. The molecule has 2 fully saturated rings. The summed E-state index contributed by atoms with van der Waals surface area (Å²) in [4.78, 5) is 16.2. The highest BCUT2D eigenvalue weighted by Crippen LogP contribution is 2.46. The summed E-state index contributed by atoms with van der Waals surface area (Å²) in [5.41, 5.74) is -1.61. The van der Waals surface area contributed by atoms with E-state index in [1.807, 2.05) is 11.9 Å². The predicted molar refractivity (Wildman–Crippen MR) is 134 cm³/mol. The molecule has 0 spiro atoms. The maximum absolute atomic E-state index is 13.8. The van der Waals surface area contributed by atoms with Crippen molar-refractivity contribution in [1.82, 2.24) is 9.80 Å². The van der Waals surface area contributed by atoms with Crippen LogP contribution in [-0.4, -0.2) is 61.7 Å². The van der Waals surface area contributed by atoms with E-state index in [9.17, 15) is 35.5 Å². The Hall–Kier alpha value is -2.96. The second-order valence-corrected chi connectivity index (χ2v) is 11.0. The lowest BCUT2D eigenvalue weighted by Crippen LogP contribution is -2.42. The van der Waals surface area contributed by atoms with E-state index in [0.717, 1.165) is 5.70 Å². The van der Waals surface area contributed by atoms with Crippen LogP contribution < -0.4 is 0 Å². The van der Waals surface area contributed by atoms with Gasteiger partial charge in [-0.05, 0) is 61.3 Å². The molecule has 0 aromatic heterocycles. The lowest BCUT2D eigenvalue weighted by molar-refractivity contribution is -0.217. The molecule has 5 rings (SSSR count).